The zero-order chi connectivity index (χ0) is 20.1. The maximum Gasteiger partial charge on any atom is 0.573 e. The van der Waals surface area contributed by atoms with Crippen molar-refractivity contribution in [3.05, 3.63) is 24.3 Å². The number of amides is 1. The van der Waals surface area contributed by atoms with Crippen molar-refractivity contribution in [3.63, 3.8) is 0 Å². The number of hydrogen-bond donors (Lipinski definition) is 2. The van der Waals surface area contributed by atoms with Gasteiger partial charge in [0.15, 0.2) is 4.34 Å². The first-order valence-electron chi connectivity index (χ1n) is 6.93. The summed E-state index contributed by atoms with van der Waals surface area (Å²) in [5.41, 5.74) is 0.250. The van der Waals surface area contributed by atoms with Gasteiger partial charge in [0.25, 0.3) is 0 Å². The van der Waals surface area contributed by atoms with E-state index in [9.17, 15) is 31.1 Å². The third-order valence-electron chi connectivity index (χ3n) is 2.54. The third-order valence-corrected chi connectivity index (χ3v) is 4.56. The van der Waals surface area contributed by atoms with Crippen molar-refractivity contribution in [1.82, 2.24) is 10.2 Å². The lowest BCUT2D eigenvalue weighted by atomic mass is 10.3. The van der Waals surface area contributed by atoms with Gasteiger partial charge in [0.1, 0.15) is 12.3 Å². The molecular weight excluding hydrogens is 422 g/mol. The zero-order valence-corrected chi connectivity index (χ0v) is 14.7. The number of thioether (sulfide) groups is 1. The summed E-state index contributed by atoms with van der Waals surface area (Å²) in [7, 11) is 0. The molecule has 1 heterocycles. The molecule has 0 aliphatic carbocycles. The van der Waals surface area contributed by atoms with Crippen LogP contribution < -0.4 is 15.4 Å². The van der Waals surface area contributed by atoms with Gasteiger partial charge in [0.05, 0.1) is 5.75 Å². The number of nitrogens with zero attached hydrogens (tertiary/aromatic N) is 2. The Morgan fingerprint density at radius 3 is 2.37 bits per heavy atom. The van der Waals surface area contributed by atoms with Crippen LogP contribution in [-0.2, 0) is 4.79 Å². The molecule has 2 aromatic rings. The van der Waals surface area contributed by atoms with E-state index in [0.717, 1.165) is 35.2 Å². The van der Waals surface area contributed by atoms with Gasteiger partial charge in [-0.3, -0.25) is 4.79 Å². The minimum Gasteiger partial charge on any atom is -0.406 e. The van der Waals surface area contributed by atoms with Crippen LogP contribution >= 0.6 is 23.1 Å². The molecule has 14 heteroatoms. The highest BCUT2D eigenvalue weighted by Gasteiger charge is 2.31. The van der Waals surface area contributed by atoms with Gasteiger partial charge < -0.3 is 15.4 Å². The summed E-state index contributed by atoms with van der Waals surface area (Å²) < 4.78 is 76.4. The number of hydrogen-bond acceptors (Lipinski definition) is 7. The van der Waals surface area contributed by atoms with Gasteiger partial charge in [-0.25, -0.2) is 0 Å². The van der Waals surface area contributed by atoms with Crippen LogP contribution in [0.1, 0.15) is 0 Å². The summed E-state index contributed by atoms with van der Waals surface area (Å²) in [6.45, 7) is -1.25. The summed E-state index contributed by atoms with van der Waals surface area (Å²) in [6.07, 6.45) is -9.20. The van der Waals surface area contributed by atoms with E-state index in [2.05, 4.69) is 25.6 Å². The molecule has 0 unspecified atom stereocenters. The number of carbonyl (C=O) groups is 1. The Morgan fingerprint density at radius 2 is 1.78 bits per heavy atom. The Hall–Kier alpha value is -2.22. The van der Waals surface area contributed by atoms with Crippen molar-refractivity contribution < 1.29 is 35.9 Å². The van der Waals surface area contributed by atoms with Crippen molar-refractivity contribution in [2.75, 3.05) is 22.9 Å². The number of aromatic nitrogens is 2. The predicted molar refractivity (Wildman–Crippen MR) is 86.9 cm³/mol. The van der Waals surface area contributed by atoms with E-state index in [4.69, 9.17) is 0 Å². The minimum atomic E-state index is -4.81. The van der Waals surface area contributed by atoms with Crippen LogP contribution in [0.4, 0.5) is 37.2 Å². The highest BCUT2D eigenvalue weighted by molar-refractivity contribution is 8.01. The van der Waals surface area contributed by atoms with Gasteiger partial charge in [0.2, 0.25) is 11.0 Å². The van der Waals surface area contributed by atoms with Crippen LogP contribution in [0, 0.1) is 0 Å². The first-order valence-corrected chi connectivity index (χ1v) is 8.73. The Kier molecular flexibility index (Phi) is 6.75. The molecule has 0 aliphatic rings. The van der Waals surface area contributed by atoms with E-state index < -0.39 is 30.7 Å². The van der Waals surface area contributed by atoms with E-state index in [1.807, 2.05) is 0 Å². The van der Waals surface area contributed by atoms with Crippen LogP contribution in [0.25, 0.3) is 0 Å². The van der Waals surface area contributed by atoms with Crippen LogP contribution in [0.15, 0.2) is 28.6 Å². The van der Waals surface area contributed by atoms with E-state index in [1.165, 1.54) is 12.1 Å². The monoisotopic (exact) mass is 432 g/mol. The maximum atomic E-state index is 12.1. The second-order valence-corrected chi connectivity index (χ2v) is 6.95. The molecule has 0 saturated carbocycles. The van der Waals surface area contributed by atoms with E-state index in [1.54, 1.807) is 0 Å². The number of alkyl halides is 6. The summed E-state index contributed by atoms with van der Waals surface area (Å²) in [6, 6.07) is 4.54. The highest BCUT2D eigenvalue weighted by Crippen LogP contribution is 2.27. The summed E-state index contributed by atoms with van der Waals surface area (Å²) >= 11 is 1.81. The maximum absolute atomic E-state index is 12.1. The van der Waals surface area contributed by atoms with Crippen molar-refractivity contribution in [3.8, 4) is 5.75 Å². The summed E-state index contributed by atoms with van der Waals surface area (Å²) in [4.78, 5) is 11.8. The molecule has 148 valence electrons. The molecule has 1 aromatic heterocycles. The number of ether oxygens (including phenoxy) is 1. The molecule has 2 rings (SSSR count). The fourth-order valence-corrected chi connectivity index (χ4v) is 3.13. The normalized spacial score (nSPS) is 11.9. The highest BCUT2D eigenvalue weighted by atomic mass is 32.2. The van der Waals surface area contributed by atoms with Crippen molar-refractivity contribution in [2.45, 2.75) is 16.9 Å². The third kappa shape index (κ3) is 8.34. The molecule has 0 bridgehead atoms. The topological polar surface area (TPSA) is 76.1 Å². The Morgan fingerprint density at radius 1 is 1.11 bits per heavy atom. The number of anilines is 2. The van der Waals surface area contributed by atoms with Crippen molar-refractivity contribution >= 4 is 39.8 Å². The van der Waals surface area contributed by atoms with E-state index in [0.29, 0.717) is 0 Å². The van der Waals surface area contributed by atoms with Crippen LogP contribution in [0.5, 0.6) is 5.75 Å². The zero-order valence-electron chi connectivity index (χ0n) is 13.0. The largest absolute Gasteiger partial charge is 0.573 e. The van der Waals surface area contributed by atoms with E-state index in [-0.39, 0.29) is 20.9 Å². The van der Waals surface area contributed by atoms with Gasteiger partial charge in [-0.2, -0.15) is 13.2 Å². The van der Waals surface area contributed by atoms with Gasteiger partial charge >= 0.3 is 12.5 Å². The molecule has 6 nitrogen and oxygen atoms in total. The molecule has 0 radical (unpaired) electrons. The quantitative estimate of drug-likeness (QED) is 0.506. The van der Waals surface area contributed by atoms with Crippen LogP contribution in [0.2, 0.25) is 0 Å². The van der Waals surface area contributed by atoms with Gasteiger partial charge in [0, 0.05) is 5.69 Å². The molecule has 0 spiro atoms. The number of carbonyl (C=O) groups excluding carboxylic acids is 1. The second kappa shape index (κ2) is 8.65. The standard InChI is InChI=1S/C13H10F6N4O2S2/c14-12(15,16)6-20-10-22-23-11(27-10)26-5-9(24)21-7-1-3-8(4-2-7)25-13(17,18)19/h1-4H,5-6H2,(H,20,22)(H,21,24). The number of halogens is 6. The second-order valence-electron chi connectivity index (χ2n) is 4.75. The molecule has 0 fully saturated rings. The molecular formula is C13H10F6N4O2S2. The van der Waals surface area contributed by atoms with Crippen LogP contribution in [-0.4, -0.2) is 40.9 Å². The Balaban J connectivity index is 1.78. The van der Waals surface area contributed by atoms with Crippen molar-refractivity contribution in [1.29, 1.82) is 0 Å². The first kappa shape index (κ1) is 21.1. The lowest BCUT2D eigenvalue weighted by molar-refractivity contribution is -0.274. The smallest absolute Gasteiger partial charge is 0.406 e. The molecule has 0 saturated heterocycles. The Labute approximate surface area is 156 Å². The molecule has 0 aliphatic heterocycles. The average molecular weight is 432 g/mol. The lowest BCUT2D eigenvalue weighted by Crippen LogP contribution is -2.21. The molecule has 27 heavy (non-hydrogen) atoms. The molecule has 0 atom stereocenters. The first-order chi connectivity index (χ1) is 12.5. The van der Waals surface area contributed by atoms with Gasteiger partial charge in [-0.15, -0.1) is 23.4 Å². The molecule has 1 amide bonds. The van der Waals surface area contributed by atoms with Gasteiger partial charge in [-0.05, 0) is 24.3 Å². The Bertz CT molecular complexity index is 763. The number of nitrogens with one attached hydrogen (secondary N) is 2. The SMILES string of the molecule is O=C(CSc1nnc(NCC(F)(F)F)s1)Nc1ccc(OC(F)(F)F)cc1. The fourth-order valence-electron chi connectivity index (χ4n) is 1.58. The minimum absolute atomic E-state index is 0.0320. The number of rotatable bonds is 7. The number of benzene rings is 1. The fraction of sp³-hybridized carbons (Fsp3) is 0.308. The average Bonchev–Trinajstić information content (AvgIpc) is 2.99. The lowest BCUT2D eigenvalue weighted by Gasteiger charge is -2.09. The molecule has 1 aromatic carbocycles. The summed E-state index contributed by atoms with van der Waals surface area (Å²) in [5, 5.41) is 11.6. The van der Waals surface area contributed by atoms with Gasteiger partial charge in [-0.1, -0.05) is 23.1 Å². The predicted octanol–water partition coefficient (Wildman–Crippen LogP) is 4.14. The van der Waals surface area contributed by atoms with E-state index >= 15 is 0 Å². The molecule has 2 N–H and O–H groups in total. The van der Waals surface area contributed by atoms with Crippen LogP contribution in [0.3, 0.4) is 0 Å². The summed E-state index contributed by atoms with van der Waals surface area (Å²) in [5.74, 6) is -1.03. The van der Waals surface area contributed by atoms with Crippen molar-refractivity contribution in [2.24, 2.45) is 0 Å².